The van der Waals surface area contributed by atoms with Crippen molar-refractivity contribution in [3.8, 4) is 17.2 Å². The van der Waals surface area contributed by atoms with Crippen molar-refractivity contribution in [2.45, 2.75) is 13.8 Å². The van der Waals surface area contributed by atoms with Crippen molar-refractivity contribution in [1.29, 1.82) is 0 Å². The van der Waals surface area contributed by atoms with E-state index >= 15 is 0 Å². The van der Waals surface area contributed by atoms with Crippen molar-refractivity contribution in [3.63, 3.8) is 0 Å². The van der Waals surface area contributed by atoms with Crippen LogP contribution in [0.2, 0.25) is 0 Å². The zero-order valence-electron chi connectivity index (χ0n) is 13.7. The highest BCUT2D eigenvalue weighted by atomic mass is 16.5. The van der Waals surface area contributed by atoms with Crippen LogP contribution in [0.4, 0.5) is 5.69 Å². The quantitative estimate of drug-likeness (QED) is 0.793. The first-order valence-electron chi connectivity index (χ1n) is 7.43. The second-order valence-electron chi connectivity index (χ2n) is 5.36. The van der Waals surface area contributed by atoms with E-state index < -0.39 is 0 Å². The van der Waals surface area contributed by atoms with Crippen LogP contribution in [-0.2, 0) is 0 Å². The molecule has 0 aliphatic heterocycles. The molecule has 3 aromatic rings. The fourth-order valence-corrected chi connectivity index (χ4v) is 2.29. The number of nitrogens with one attached hydrogen (secondary N) is 1. The van der Waals surface area contributed by atoms with E-state index in [2.05, 4.69) is 15.5 Å². The van der Waals surface area contributed by atoms with Gasteiger partial charge in [-0.3, -0.25) is 4.79 Å². The molecule has 0 saturated carbocycles. The molecule has 0 saturated heterocycles. The number of nitrogens with zero attached hydrogens (tertiary/aromatic N) is 2. The highest BCUT2D eigenvalue weighted by Crippen LogP contribution is 2.26. The van der Waals surface area contributed by atoms with Gasteiger partial charge in [0.1, 0.15) is 5.75 Å². The number of carbonyl (C=O) groups is 1. The molecular weight excluding hydrogens is 306 g/mol. The lowest BCUT2D eigenvalue weighted by molar-refractivity contribution is 0.102. The van der Waals surface area contributed by atoms with Crippen LogP contribution >= 0.6 is 0 Å². The number of hydrogen-bond donors (Lipinski definition) is 1. The Labute approximate surface area is 139 Å². The maximum absolute atomic E-state index is 12.4. The zero-order chi connectivity index (χ0) is 17.1. The number of hydrogen-bond acceptors (Lipinski definition) is 5. The summed E-state index contributed by atoms with van der Waals surface area (Å²) in [6.45, 7) is 3.68. The maximum Gasteiger partial charge on any atom is 0.255 e. The van der Waals surface area contributed by atoms with Gasteiger partial charge < -0.3 is 14.5 Å². The van der Waals surface area contributed by atoms with Crippen molar-refractivity contribution >= 4 is 11.6 Å². The molecule has 6 nitrogen and oxygen atoms in total. The molecule has 0 spiro atoms. The van der Waals surface area contributed by atoms with Crippen LogP contribution in [-0.4, -0.2) is 23.2 Å². The van der Waals surface area contributed by atoms with Crippen LogP contribution in [0.3, 0.4) is 0 Å². The van der Waals surface area contributed by atoms with Crippen molar-refractivity contribution in [2.24, 2.45) is 0 Å². The van der Waals surface area contributed by atoms with Crippen LogP contribution in [0.1, 0.15) is 21.8 Å². The van der Waals surface area contributed by atoms with Gasteiger partial charge in [0.05, 0.1) is 12.8 Å². The van der Waals surface area contributed by atoms with E-state index in [0.717, 1.165) is 11.1 Å². The van der Waals surface area contributed by atoms with E-state index in [1.807, 2.05) is 25.1 Å². The van der Waals surface area contributed by atoms with Crippen molar-refractivity contribution in [3.05, 3.63) is 59.5 Å². The summed E-state index contributed by atoms with van der Waals surface area (Å²) in [6.07, 6.45) is 0. The molecular formula is C18H17N3O3. The van der Waals surface area contributed by atoms with Gasteiger partial charge in [-0.25, -0.2) is 0 Å². The molecule has 0 aliphatic rings. The number of amides is 1. The monoisotopic (exact) mass is 323 g/mol. The van der Waals surface area contributed by atoms with Gasteiger partial charge in [-0.1, -0.05) is 6.07 Å². The van der Waals surface area contributed by atoms with Crippen LogP contribution in [0, 0.1) is 13.8 Å². The molecule has 1 N–H and O–H groups in total. The molecule has 1 amide bonds. The first-order valence-corrected chi connectivity index (χ1v) is 7.43. The van der Waals surface area contributed by atoms with E-state index in [0.29, 0.717) is 28.8 Å². The summed E-state index contributed by atoms with van der Waals surface area (Å²) in [5.41, 5.74) is 2.96. The maximum atomic E-state index is 12.4. The zero-order valence-corrected chi connectivity index (χ0v) is 13.7. The Hall–Kier alpha value is -3.15. The number of ether oxygens (including phenoxy) is 1. The van der Waals surface area contributed by atoms with Gasteiger partial charge in [0.25, 0.3) is 5.91 Å². The summed E-state index contributed by atoms with van der Waals surface area (Å²) in [5, 5.41) is 10.6. The summed E-state index contributed by atoms with van der Waals surface area (Å²) in [6, 6.07) is 12.6. The predicted octanol–water partition coefficient (Wildman–Crippen LogP) is 3.61. The second kappa shape index (κ2) is 6.54. The van der Waals surface area contributed by atoms with Gasteiger partial charge in [-0.05, 0) is 48.9 Å². The second-order valence-corrected chi connectivity index (χ2v) is 5.36. The fraction of sp³-hybridized carbons (Fsp3) is 0.167. The molecule has 0 radical (unpaired) electrons. The molecule has 24 heavy (non-hydrogen) atoms. The SMILES string of the molecule is COc1ccc(C)cc1NC(=O)c1ccc(-c2nnc(C)o2)cc1. The summed E-state index contributed by atoms with van der Waals surface area (Å²) >= 11 is 0. The van der Waals surface area contributed by atoms with Crippen LogP contribution < -0.4 is 10.1 Å². The summed E-state index contributed by atoms with van der Waals surface area (Å²) in [7, 11) is 1.57. The minimum Gasteiger partial charge on any atom is -0.495 e. The third kappa shape index (κ3) is 3.27. The molecule has 6 heteroatoms. The third-order valence-electron chi connectivity index (χ3n) is 3.52. The number of anilines is 1. The number of aryl methyl sites for hydroxylation is 2. The molecule has 122 valence electrons. The molecule has 2 aromatic carbocycles. The molecule has 0 fully saturated rings. The molecule has 1 aromatic heterocycles. The van der Waals surface area contributed by atoms with Crippen molar-refractivity contribution < 1.29 is 13.9 Å². The molecule has 0 bridgehead atoms. The number of rotatable bonds is 4. The summed E-state index contributed by atoms with van der Waals surface area (Å²) < 4.78 is 10.6. The van der Waals surface area contributed by atoms with E-state index in [1.165, 1.54) is 0 Å². The Balaban J connectivity index is 1.79. The Morgan fingerprint density at radius 2 is 1.83 bits per heavy atom. The van der Waals surface area contributed by atoms with Gasteiger partial charge in [-0.2, -0.15) is 0 Å². The lowest BCUT2D eigenvalue weighted by Gasteiger charge is -2.11. The third-order valence-corrected chi connectivity index (χ3v) is 3.52. The fourth-order valence-electron chi connectivity index (χ4n) is 2.29. The molecule has 0 atom stereocenters. The number of aromatic nitrogens is 2. The van der Waals surface area contributed by atoms with Gasteiger partial charge in [0, 0.05) is 18.1 Å². The molecule has 1 heterocycles. The van der Waals surface area contributed by atoms with E-state index in [9.17, 15) is 4.79 Å². The highest BCUT2D eigenvalue weighted by Gasteiger charge is 2.11. The lowest BCUT2D eigenvalue weighted by atomic mass is 10.1. The smallest absolute Gasteiger partial charge is 0.255 e. The van der Waals surface area contributed by atoms with Gasteiger partial charge >= 0.3 is 0 Å². The molecule has 0 aliphatic carbocycles. The van der Waals surface area contributed by atoms with E-state index in [1.54, 1.807) is 38.3 Å². The number of carbonyl (C=O) groups excluding carboxylic acids is 1. The average molecular weight is 323 g/mol. The van der Waals surface area contributed by atoms with Crippen LogP contribution in [0.5, 0.6) is 5.75 Å². The van der Waals surface area contributed by atoms with Gasteiger partial charge in [0.2, 0.25) is 11.8 Å². The van der Waals surface area contributed by atoms with Crippen LogP contribution in [0.15, 0.2) is 46.9 Å². The number of benzene rings is 2. The first kappa shape index (κ1) is 15.7. The summed E-state index contributed by atoms with van der Waals surface area (Å²) in [4.78, 5) is 12.4. The highest BCUT2D eigenvalue weighted by molar-refractivity contribution is 6.05. The predicted molar refractivity (Wildman–Crippen MR) is 90.2 cm³/mol. The summed E-state index contributed by atoms with van der Waals surface area (Å²) in [5.74, 6) is 1.33. The van der Waals surface area contributed by atoms with Gasteiger partial charge in [-0.15, -0.1) is 10.2 Å². The Morgan fingerprint density at radius 3 is 2.46 bits per heavy atom. The Bertz CT molecular complexity index is 869. The Kier molecular flexibility index (Phi) is 4.29. The molecule has 0 unspecified atom stereocenters. The minimum absolute atomic E-state index is 0.216. The topological polar surface area (TPSA) is 77.2 Å². The van der Waals surface area contributed by atoms with E-state index in [-0.39, 0.29) is 5.91 Å². The van der Waals surface area contributed by atoms with Crippen molar-refractivity contribution in [1.82, 2.24) is 10.2 Å². The molecule has 3 rings (SSSR count). The van der Waals surface area contributed by atoms with Crippen LogP contribution in [0.25, 0.3) is 11.5 Å². The van der Waals surface area contributed by atoms with E-state index in [4.69, 9.17) is 9.15 Å². The normalized spacial score (nSPS) is 10.5. The van der Waals surface area contributed by atoms with Crippen molar-refractivity contribution in [2.75, 3.05) is 12.4 Å². The first-order chi connectivity index (χ1) is 11.6. The lowest BCUT2D eigenvalue weighted by Crippen LogP contribution is -2.12. The van der Waals surface area contributed by atoms with Gasteiger partial charge in [0.15, 0.2) is 0 Å². The standard InChI is InChI=1S/C18H17N3O3/c1-11-4-9-16(23-3)15(10-11)19-17(22)13-5-7-14(8-6-13)18-21-20-12(2)24-18/h4-10H,1-3H3,(H,19,22). The average Bonchev–Trinajstić information content (AvgIpc) is 3.02. The minimum atomic E-state index is -0.216. The Morgan fingerprint density at radius 1 is 1.08 bits per heavy atom. The largest absolute Gasteiger partial charge is 0.495 e. The number of methoxy groups -OCH3 is 1.